The zero-order valence-corrected chi connectivity index (χ0v) is 12.1. The lowest BCUT2D eigenvalue weighted by Gasteiger charge is -2.18. The first-order valence-electron chi connectivity index (χ1n) is 5.63. The van der Waals surface area contributed by atoms with Crippen molar-refractivity contribution in [3.63, 3.8) is 0 Å². The second-order valence-electron chi connectivity index (χ2n) is 5.13. The summed E-state index contributed by atoms with van der Waals surface area (Å²) in [6.07, 6.45) is 0. The van der Waals surface area contributed by atoms with Crippen molar-refractivity contribution >= 4 is 29.2 Å². The minimum absolute atomic E-state index is 0.149. The highest BCUT2D eigenvalue weighted by molar-refractivity contribution is 7.80. The molecule has 1 aromatic rings. The van der Waals surface area contributed by atoms with Gasteiger partial charge in [-0.25, -0.2) is 9.97 Å². The van der Waals surface area contributed by atoms with E-state index in [0.29, 0.717) is 5.95 Å². The van der Waals surface area contributed by atoms with Crippen molar-refractivity contribution in [2.45, 2.75) is 34.6 Å². The van der Waals surface area contributed by atoms with Crippen LogP contribution in [0.5, 0.6) is 0 Å². The zero-order valence-electron chi connectivity index (χ0n) is 11.3. The summed E-state index contributed by atoms with van der Waals surface area (Å²) in [4.78, 5) is 20.1. The van der Waals surface area contributed by atoms with Crippen LogP contribution >= 0.6 is 12.2 Å². The van der Waals surface area contributed by atoms with Crippen molar-refractivity contribution < 1.29 is 4.79 Å². The lowest BCUT2D eigenvalue weighted by Crippen LogP contribution is -2.41. The molecule has 18 heavy (non-hydrogen) atoms. The van der Waals surface area contributed by atoms with Gasteiger partial charge in [0.25, 0.3) is 0 Å². The molecule has 2 N–H and O–H groups in total. The van der Waals surface area contributed by atoms with Crippen molar-refractivity contribution in [1.29, 1.82) is 0 Å². The van der Waals surface area contributed by atoms with E-state index in [9.17, 15) is 4.79 Å². The van der Waals surface area contributed by atoms with Crippen LogP contribution in [-0.4, -0.2) is 21.0 Å². The Labute approximate surface area is 112 Å². The number of carbonyl (C=O) groups is 1. The van der Waals surface area contributed by atoms with Crippen LogP contribution in [0.1, 0.15) is 32.2 Å². The Hall–Kier alpha value is -1.56. The highest BCUT2D eigenvalue weighted by Crippen LogP contribution is 2.12. The molecule has 0 spiro atoms. The van der Waals surface area contributed by atoms with Crippen molar-refractivity contribution in [3.05, 3.63) is 17.5 Å². The third-order valence-electron chi connectivity index (χ3n) is 2.12. The van der Waals surface area contributed by atoms with E-state index in [4.69, 9.17) is 12.2 Å². The smallest absolute Gasteiger partial charge is 0.231 e. The van der Waals surface area contributed by atoms with E-state index < -0.39 is 5.41 Å². The molecular weight excluding hydrogens is 248 g/mol. The number of carbonyl (C=O) groups excluding carboxylic acids is 1. The minimum Gasteiger partial charge on any atom is -0.302 e. The molecular formula is C12H18N4OS. The number of nitrogens with zero attached hydrogens (tertiary/aromatic N) is 2. The van der Waals surface area contributed by atoms with Crippen molar-refractivity contribution in [2.24, 2.45) is 5.41 Å². The first-order valence-corrected chi connectivity index (χ1v) is 6.04. The maximum atomic E-state index is 11.7. The molecule has 0 unspecified atom stereocenters. The number of aromatic nitrogens is 2. The molecule has 0 bridgehead atoms. The first kappa shape index (κ1) is 14.5. The fourth-order valence-electron chi connectivity index (χ4n) is 1.21. The number of amides is 1. The maximum Gasteiger partial charge on any atom is 0.231 e. The standard InChI is InChI=1S/C12H18N4OS/c1-7-6-8(2)14-10(13-7)16-11(18)15-9(17)12(3,4)5/h6H,1-5H3,(H2,13,14,15,16,17,18). The molecule has 0 saturated carbocycles. The molecule has 0 aromatic carbocycles. The molecule has 1 heterocycles. The molecule has 1 rings (SSSR count). The van der Waals surface area contributed by atoms with E-state index in [0.717, 1.165) is 11.4 Å². The van der Waals surface area contributed by atoms with E-state index in [2.05, 4.69) is 20.6 Å². The van der Waals surface area contributed by atoms with Gasteiger partial charge in [0.05, 0.1) is 0 Å². The quantitative estimate of drug-likeness (QED) is 0.761. The lowest BCUT2D eigenvalue weighted by molar-refractivity contribution is -0.126. The average molecular weight is 266 g/mol. The number of hydrogen-bond donors (Lipinski definition) is 2. The van der Waals surface area contributed by atoms with E-state index in [1.54, 1.807) is 0 Å². The number of thiocarbonyl (C=S) groups is 1. The molecule has 0 aliphatic rings. The summed E-state index contributed by atoms with van der Waals surface area (Å²) in [7, 11) is 0. The van der Waals surface area contributed by atoms with Gasteiger partial charge in [0, 0.05) is 16.8 Å². The van der Waals surface area contributed by atoms with E-state index in [-0.39, 0.29) is 11.0 Å². The third kappa shape index (κ3) is 4.37. The summed E-state index contributed by atoms with van der Waals surface area (Å²) >= 11 is 5.04. The molecule has 0 radical (unpaired) electrons. The van der Waals surface area contributed by atoms with Crippen LogP contribution in [0.25, 0.3) is 0 Å². The summed E-state index contributed by atoms with van der Waals surface area (Å²) < 4.78 is 0. The highest BCUT2D eigenvalue weighted by atomic mass is 32.1. The highest BCUT2D eigenvalue weighted by Gasteiger charge is 2.22. The maximum absolute atomic E-state index is 11.7. The molecule has 0 aliphatic heterocycles. The van der Waals surface area contributed by atoms with Crippen molar-refractivity contribution in [1.82, 2.24) is 15.3 Å². The van der Waals surface area contributed by atoms with Crippen molar-refractivity contribution in [3.8, 4) is 0 Å². The van der Waals surface area contributed by atoms with Gasteiger partial charge in [-0.1, -0.05) is 20.8 Å². The monoisotopic (exact) mass is 266 g/mol. The molecule has 1 amide bonds. The number of aryl methyl sites for hydroxylation is 2. The Morgan fingerprint density at radius 3 is 2.17 bits per heavy atom. The zero-order chi connectivity index (χ0) is 13.9. The third-order valence-corrected chi connectivity index (χ3v) is 2.32. The van der Waals surface area contributed by atoms with E-state index in [1.807, 2.05) is 40.7 Å². The van der Waals surface area contributed by atoms with Crippen molar-refractivity contribution in [2.75, 3.05) is 5.32 Å². The summed E-state index contributed by atoms with van der Waals surface area (Å²) in [6.45, 7) is 9.20. The Balaban J connectivity index is 2.68. The normalized spacial score (nSPS) is 10.9. The Morgan fingerprint density at radius 1 is 1.22 bits per heavy atom. The van der Waals surface area contributed by atoms with Gasteiger partial charge in [-0.3, -0.25) is 4.79 Å². The molecule has 98 valence electrons. The second-order valence-corrected chi connectivity index (χ2v) is 5.54. The first-order chi connectivity index (χ1) is 8.18. The molecule has 0 fully saturated rings. The van der Waals surface area contributed by atoms with Crippen LogP contribution in [0.2, 0.25) is 0 Å². The largest absolute Gasteiger partial charge is 0.302 e. The van der Waals surface area contributed by atoms with Gasteiger partial charge in [0.1, 0.15) is 0 Å². The summed E-state index contributed by atoms with van der Waals surface area (Å²) in [6, 6.07) is 1.86. The molecule has 0 saturated heterocycles. The Morgan fingerprint density at radius 2 is 1.72 bits per heavy atom. The van der Waals surface area contributed by atoms with E-state index >= 15 is 0 Å². The molecule has 1 aromatic heterocycles. The van der Waals surface area contributed by atoms with E-state index in [1.165, 1.54) is 0 Å². The fraction of sp³-hybridized carbons (Fsp3) is 0.500. The predicted octanol–water partition coefficient (Wildman–Crippen LogP) is 1.95. The Bertz CT molecular complexity index is 459. The summed E-state index contributed by atoms with van der Waals surface area (Å²) in [5.41, 5.74) is 1.19. The van der Waals surface area contributed by atoms with Gasteiger partial charge in [-0.2, -0.15) is 0 Å². The molecule has 0 atom stereocenters. The number of anilines is 1. The summed E-state index contributed by atoms with van der Waals surface area (Å²) in [5.74, 6) is 0.246. The van der Waals surface area contributed by atoms with Crippen LogP contribution in [-0.2, 0) is 4.79 Å². The number of hydrogen-bond acceptors (Lipinski definition) is 4. The van der Waals surface area contributed by atoms with Crippen LogP contribution in [0.4, 0.5) is 5.95 Å². The molecule has 6 heteroatoms. The lowest BCUT2D eigenvalue weighted by atomic mass is 9.96. The van der Waals surface area contributed by atoms with Gasteiger partial charge < -0.3 is 10.6 Å². The van der Waals surface area contributed by atoms with Gasteiger partial charge in [-0.15, -0.1) is 0 Å². The van der Waals surface area contributed by atoms with Crippen LogP contribution in [0, 0.1) is 19.3 Å². The topological polar surface area (TPSA) is 66.9 Å². The SMILES string of the molecule is Cc1cc(C)nc(NC(=S)NC(=O)C(C)(C)C)n1. The Kier molecular flexibility index (Phi) is 4.34. The van der Waals surface area contributed by atoms with Gasteiger partial charge in [0.15, 0.2) is 5.11 Å². The molecule has 0 aliphatic carbocycles. The van der Waals surface area contributed by atoms with Gasteiger partial charge in [0.2, 0.25) is 11.9 Å². The van der Waals surface area contributed by atoms with Crippen LogP contribution in [0.15, 0.2) is 6.07 Å². The van der Waals surface area contributed by atoms with Crippen LogP contribution < -0.4 is 10.6 Å². The summed E-state index contributed by atoms with van der Waals surface area (Å²) in [5, 5.41) is 5.62. The number of rotatable bonds is 1. The average Bonchev–Trinajstić information content (AvgIpc) is 2.13. The second kappa shape index (κ2) is 5.39. The number of nitrogens with one attached hydrogen (secondary N) is 2. The molecule has 5 nitrogen and oxygen atoms in total. The minimum atomic E-state index is -0.491. The van der Waals surface area contributed by atoms with Crippen LogP contribution in [0.3, 0.4) is 0 Å². The van der Waals surface area contributed by atoms with Gasteiger partial charge in [-0.05, 0) is 32.1 Å². The fourth-order valence-corrected chi connectivity index (χ4v) is 1.39. The van der Waals surface area contributed by atoms with Gasteiger partial charge >= 0.3 is 0 Å². The predicted molar refractivity (Wildman–Crippen MR) is 75.3 cm³/mol.